The Morgan fingerprint density at radius 1 is 1.00 bits per heavy atom. The lowest BCUT2D eigenvalue weighted by molar-refractivity contribution is -0.275. The molecule has 3 N–H and O–H groups in total. The molecule has 230 valence electrons. The number of aliphatic hydroxyl groups is 1. The molecule has 0 bridgehead atoms. The first-order chi connectivity index (χ1) is 20.3. The molecule has 0 aliphatic carbocycles. The molecule has 1 atom stereocenters. The summed E-state index contributed by atoms with van der Waals surface area (Å²) in [5.41, 5.74) is 0.702. The maximum Gasteiger partial charge on any atom is 0.573 e. The zero-order valence-electron chi connectivity index (χ0n) is 22.9. The number of alkyl halides is 3. The van der Waals surface area contributed by atoms with Gasteiger partial charge in [0.05, 0.1) is 44.1 Å². The Morgan fingerprint density at radius 3 is 2.35 bits per heavy atom. The van der Waals surface area contributed by atoms with E-state index in [1.54, 1.807) is 0 Å². The third-order valence-corrected chi connectivity index (χ3v) is 8.28. The number of methoxy groups -OCH3 is 3. The first-order valence-electron chi connectivity index (χ1n) is 12.4. The van der Waals surface area contributed by atoms with E-state index in [2.05, 4.69) is 15.0 Å². The standard InChI is InChI=1S/C28H26ClF3N2O8S/c1-39-17-9-16(10-18(11-17)43(37,38)7-6-35)34-26(19-5-4-15(29)8-23(19)40-2)27(36)21-14-33-22-13-24(41-3)25(12-20(21)22)42-28(30,31)32/h4-5,8-14,26,33-35H,6-7H2,1-3H3. The van der Waals surface area contributed by atoms with Crippen molar-refractivity contribution in [1.29, 1.82) is 0 Å². The molecule has 0 aliphatic rings. The number of ether oxygens (including phenoxy) is 4. The van der Waals surface area contributed by atoms with Gasteiger partial charge in [-0.2, -0.15) is 0 Å². The number of ketones is 1. The minimum atomic E-state index is -5.03. The highest BCUT2D eigenvalue weighted by molar-refractivity contribution is 7.91. The normalized spacial score (nSPS) is 12.6. The van der Waals surface area contributed by atoms with Gasteiger partial charge in [-0.05, 0) is 30.3 Å². The smallest absolute Gasteiger partial charge is 0.497 e. The van der Waals surface area contributed by atoms with Crippen molar-refractivity contribution in [2.24, 2.45) is 0 Å². The number of sulfone groups is 1. The summed E-state index contributed by atoms with van der Waals surface area (Å²) in [6.45, 7) is -0.614. The Morgan fingerprint density at radius 2 is 1.72 bits per heavy atom. The summed E-state index contributed by atoms with van der Waals surface area (Å²) in [6.07, 6.45) is -3.70. The van der Waals surface area contributed by atoms with Crippen molar-refractivity contribution in [2.45, 2.75) is 17.3 Å². The second kappa shape index (κ2) is 12.6. The fourth-order valence-corrected chi connectivity index (χ4v) is 5.66. The molecule has 1 unspecified atom stereocenters. The van der Waals surface area contributed by atoms with Crippen LogP contribution in [0, 0.1) is 0 Å². The topological polar surface area (TPSA) is 136 Å². The van der Waals surface area contributed by atoms with Gasteiger partial charge in [-0.3, -0.25) is 4.79 Å². The predicted octanol–water partition coefficient (Wildman–Crippen LogP) is 5.55. The number of rotatable bonds is 12. The average molecular weight is 643 g/mol. The molecular weight excluding hydrogens is 617 g/mol. The summed E-state index contributed by atoms with van der Waals surface area (Å²) in [4.78, 5) is 16.9. The van der Waals surface area contributed by atoms with Crippen molar-refractivity contribution in [3.63, 3.8) is 0 Å². The Balaban J connectivity index is 1.88. The van der Waals surface area contributed by atoms with Crippen molar-refractivity contribution in [3.8, 4) is 23.0 Å². The molecule has 4 rings (SSSR count). The van der Waals surface area contributed by atoms with Crippen molar-refractivity contribution in [3.05, 3.63) is 70.9 Å². The molecule has 0 spiro atoms. The van der Waals surface area contributed by atoms with Crippen LogP contribution in [0.1, 0.15) is 22.0 Å². The fraction of sp³-hybridized carbons (Fsp3) is 0.250. The SMILES string of the molecule is COc1cc(NC(C(=O)c2c[nH]c3cc(OC)c(OC(F)(F)F)cc23)c2ccc(Cl)cc2OC)cc(S(=O)(=O)CCO)c1. The van der Waals surface area contributed by atoms with Gasteiger partial charge < -0.3 is 34.4 Å². The van der Waals surface area contributed by atoms with Gasteiger partial charge in [-0.25, -0.2) is 8.42 Å². The van der Waals surface area contributed by atoms with E-state index in [-0.39, 0.29) is 49.9 Å². The molecular formula is C28H26ClF3N2O8S. The molecule has 0 aliphatic heterocycles. The van der Waals surface area contributed by atoms with Crippen LogP contribution < -0.4 is 24.3 Å². The number of hydrogen-bond donors (Lipinski definition) is 3. The monoisotopic (exact) mass is 642 g/mol. The summed E-state index contributed by atoms with van der Waals surface area (Å²) < 4.78 is 84.8. The minimum Gasteiger partial charge on any atom is -0.497 e. The highest BCUT2D eigenvalue weighted by atomic mass is 35.5. The van der Waals surface area contributed by atoms with Gasteiger partial charge in [0.25, 0.3) is 0 Å². The largest absolute Gasteiger partial charge is 0.573 e. The van der Waals surface area contributed by atoms with Crippen LogP contribution in [0.15, 0.2) is 59.6 Å². The lowest BCUT2D eigenvalue weighted by atomic mass is 9.95. The van der Waals surface area contributed by atoms with Gasteiger partial charge >= 0.3 is 6.36 Å². The number of H-pyrrole nitrogens is 1. The number of carbonyl (C=O) groups excluding carboxylic acids is 1. The molecule has 43 heavy (non-hydrogen) atoms. The summed E-state index contributed by atoms with van der Waals surface area (Å²) in [5, 5.41) is 12.7. The van der Waals surface area contributed by atoms with Crippen LogP contribution in [-0.4, -0.2) is 64.3 Å². The maximum absolute atomic E-state index is 14.2. The predicted molar refractivity (Wildman–Crippen MR) is 152 cm³/mol. The average Bonchev–Trinajstić information content (AvgIpc) is 3.36. The number of hydrogen-bond acceptors (Lipinski definition) is 9. The maximum atomic E-state index is 14.2. The van der Waals surface area contributed by atoms with E-state index in [0.29, 0.717) is 5.02 Å². The summed E-state index contributed by atoms with van der Waals surface area (Å²) >= 11 is 6.15. The number of fused-ring (bicyclic) bond motifs is 1. The van der Waals surface area contributed by atoms with Crippen LogP contribution in [0.4, 0.5) is 18.9 Å². The van der Waals surface area contributed by atoms with Crippen LogP contribution >= 0.6 is 11.6 Å². The highest BCUT2D eigenvalue weighted by Gasteiger charge is 2.34. The summed E-state index contributed by atoms with van der Waals surface area (Å²) in [5.74, 6) is -1.70. The molecule has 3 aromatic carbocycles. The van der Waals surface area contributed by atoms with Gasteiger partial charge in [0.15, 0.2) is 27.1 Å². The van der Waals surface area contributed by atoms with Crippen LogP contribution in [0.25, 0.3) is 10.9 Å². The third-order valence-electron chi connectivity index (χ3n) is 6.37. The van der Waals surface area contributed by atoms with Gasteiger partial charge in [-0.15, -0.1) is 13.2 Å². The minimum absolute atomic E-state index is 0.0183. The van der Waals surface area contributed by atoms with Gasteiger partial charge in [-0.1, -0.05) is 17.7 Å². The molecule has 0 radical (unpaired) electrons. The number of nitrogens with one attached hydrogen (secondary N) is 2. The van der Waals surface area contributed by atoms with Gasteiger partial charge in [0.2, 0.25) is 0 Å². The summed E-state index contributed by atoms with van der Waals surface area (Å²) in [7, 11) is -0.0585. The van der Waals surface area contributed by atoms with Crippen molar-refractivity contribution in [2.75, 3.05) is 39.0 Å². The Hall–Kier alpha value is -4.14. The third kappa shape index (κ3) is 7.09. The first kappa shape index (κ1) is 31.8. The van der Waals surface area contributed by atoms with Crippen LogP contribution in [-0.2, 0) is 9.84 Å². The van der Waals surface area contributed by atoms with E-state index >= 15 is 0 Å². The van der Waals surface area contributed by atoms with E-state index in [1.807, 2.05) is 0 Å². The zero-order chi connectivity index (χ0) is 31.5. The lowest BCUT2D eigenvalue weighted by Gasteiger charge is -2.22. The number of benzene rings is 3. The van der Waals surface area contributed by atoms with Crippen LogP contribution in [0.3, 0.4) is 0 Å². The van der Waals surface area contributed by atoms with E-state index in [9.17, 15) is 31.5 Å². The second-order valence-corrected chi connectivity index (χ2v) is 11.6. The van der Waals surface area contributed by atoms with Crippen molar-refractivity contribution < 1.29 is 50.4 Å². The van der Waals surface area contributed by atoms with E-state index in [1.165, 1.54) is 70.0 Å². The molecule has 1 aromatic heterocycles. The van der Waals surface area contributed by atoms with E-state index in [4.69, 9.17) is 25.8 Å². The first-order valence-corrected chi connectivity index (χ1v) is 14.4. The molecule has 0 saturated carbocycles. The lowest BCUT2D eigenvalue weighted by Crippen LogP contribution is -2.22. The summed E-state index contributed by atoms with van der Waals surface area (Å²) in [6, 6.07) is 9.52. The number of aliphatic hydroxyl groups excluding tert-OH is 1. The fourth-order valence-electron chi connectivity index (χ4n) is 4.42. The Labute approximate surface area is 249 Å². The van der Waals surface area contributed by atoms with Gasteiger partial charge in [0, 0.05) is 45.6 Å². The van der Waals surface area contributed by atoms with Crippen LogP contribution in [0.5, 0.6) is 23.0 Å². The molecule has 0 amide bonds. The molecule has 10 nitrogen and oxygen atoms in total. The van der Waals surface area contributed by atoms with Crippen molar-refractivity contribution in [1.82, 2.24) is 4.98 Å². The number of aromatic amines is 1. The number of aromatic nitrogens is 1. The second-order valence-electron chi connectivity index (χ2n) is 9.07. The molecule has 1 heterocycles. The number of carbonyl (C=O) groups is 1. The number of anilines is 1. The quantitative estimate of drug-likeness (QED) is 0.170. The molecule has 0 fully saturated rings. The highest BCUT2D eigenvalue weighted by Crippen LogP contribution is 2.40. The van der Waals surface area contributed by atoms with E-state index in [0.717, 1.165) is 6.07 Å². The molecule has 15 heteroatoms. The molecule has 4 aromatic rings. The number of Topliss-reactive ketones (excluding diaryl/α,β-unsaturated/α-hetero) is 1. The Kier molecular flexibility index (Phi) is 9.32. The molecule has 0 saturated heterocycles. The van der Waals surface area contributed by atoms with E-state index < -0.39 is 46.1 Å². The Bertz CT molecular complexity index is 1760. The number of halogens is 4. The zero-order valence-corrected chi connectivity index (χ0v) is 24.5. The van der Waals surface area contributed by atoms with Crippen molar-refractivity contribution >= 4 is 43.8 Å². The van der Waals surface area contributed by atoms with Gasteiger partial charge in [0.1, 0.15) is 17.5 Å². The van der Waals surface area contributed by atoms with Crippen LogP contribution in [0.2, 0.25) is 5.02 Å².